The zero-order valence-electron chi connectivity index (χ0n) is 27.7. The molecular weight excluding hydrogens is 639 g/mol. The van der Waals surface area contributed by atoms with Gasteiger partial charge in [0.25, 0.3) is 0 Å². The molecule has 11 rings (SSSR count). The van der Waals surface area contributed by atoms with E-state index in [1.807, 2.05) is 78.9 Å². The van der Waals surface area contributed by atoms with Crippen molar-refractivity contribution >= 4 is 65.4 Å². The van der Waals surface area contributed by atoms with Crippen molar-refractivity contribution in [3.63, 3.8) is 0 Å². The highest BCUT2D eigenvalue weighted by atomic mass is 16.3. The molecule has 0 saturated carbocycles. The molecule has 0 aliphatic heterocycles. The number of hydrogen-bond acceptors (Lipinski definition) is 5. The Morgan fingerprint density at radius 2 is 0.865 bits per heavy atom. The van der Waals surface area contributed by atoms with Gasteiger partial charge in [-0.25, -0.2) is 15.0 Å². The molecule has 3 aromatic heterocycles. The molecule has 0 fully saturated rings. The highest BCUT2D eigenvalue weighted by molar-refractivity contribution is 6.30. The Kier molecular flexibility index (Phi) is 6.18. The van der Waals surface area contributed by atoms with Crippen molar-refractivity contribution in [3.8, 4) is 45.3 Å². The number of rotatable bonds is 4. The van der Waals surface area contributed by atoms with Crippen molar-refractivity contribution in [3.05, 3.63) is 164 Å². The second-order valence-corrected chi connectivity index (χ2v) is 13.1. The first-order valence-corrected chi connectivity index (χ1v) is 17.4. The summed E-state index contributed by atoms with van der Waals surface area (Å²) in [6, 6.07) is 56.1. The number of aromatic nitrogens is 3. The normalized spacial score (nSPS) is 11.8. The molecule has 8 aromatic carbocycles. The van der Waals surface area contributed by atoms with E-state index in [9.17, 15) is 0 Å². The van der Waals surface area contributed by atoms with Gasteiger partial charge in [0.1, 0.15) is 22.3 Å². The van der Waals surface area contributed by atoms with Gasteiger partial charge in [-0.15, -0.1) is 0 Å². The van der Waals surface area contributed by atoms with Crippen LogP contribution in [0.5, 0.6) is 0 Å². The summed E-state index contributed by atoms with van der Waals surface area (Å²) in [4.78, 5) is 15.6. The molecule has 0 radical (unpaired) electrons. The lowest BCUT2D eigenvalue weighted by molar-refractivity contribution is 0.669. The van der Waals surface area contributed by atoms with Gasteiger partial charge in [0.2, 0.25) is 0 Å². The number of fused-ring (bicyclic) bond motifs is 11. The Balaban J connectivity index is 1.21. The monoisotopic (exact) mass is 665 g/mol. The Hall–Kier alpha value is -7.11. The fourth-order valence-corrected chi connectivity index (χ4v) is 7.71. The van der Waals surface area contributed by atoms with Gasteiger partial charge in [0.15, 0.2) is 17.5 Å². The van der Waals surface area contributed by atoms with Gasteiger partial charge in [-0.3, -0.25) is 0 Å². The summed E-state index contributed by atoms with van der Waals surface area (Å²) in [6.45, 7) is 0. The maximum absolute atomic E-state index is 6.62. The molecule has 0 bridgehead atoms. The van der Waals surface area contributed by atoms with Crippen LogP contribution in [0.3, 0.4) is 0 Å². The van der Waals surface area contributed by atoms with Crippen molar-refractivity contribution in [2.45, 2.75) is 0 Å². The molecule has 242 valence electrons. The van der Waals surface area contributed by atoms with E-state index in [-0.39, 0.29) is 0 Å². The average Bonchev–Trinajstić information content (AvgIpc) is 3.80. The van der Waals surface area contributed by atoms with Gasteiger partial charge in [-0.1, -0.05) is 133 Å². The second kappa shape index (κ2) is 11.2. The highest BCUT2D eigenvalue weighted by Gasteiger charge is 2.21. The zero-order valence-corrected chi connectivity index (χ0v) is 27.7. The predicted octanol–water partition coefficient (Wildman–Crippen LogP) is 12.6. The average molecular weight is 666 g/mol. The minimum Gasteiger partial charge on any atom is -0.456 e. The molecular formula is C47H27N3O2. The van der Waals surface area contributed by atoms with Crippen LogP contribution in [-0.4, -0.2) is 15.0 Å². The molecule has 3 heterocycles. The molecule has 0 N–H and O–H groups in total. The number of nitrogens with zero attached hydrogens (tertiary/aromatic N) is 3. The summed E-state index contributed by atoms with van der Waals surface area (Å²) in [6.07, 6.45) is 0. The summed E-state index contributed by atoms with van der Waals surface area (Å²) in [5.74, 6) is 1.75. The van der Waals surface area contributed by atoms with Crippen molar-refractivity contribution in [1.82, 2.24) is 15.0 Å². The van der Waals surface area contributed by atoms with Crippen molar-refractivity contribution < 1.29 is 8.83 Å². The summed E-state index contributed by atoms with van der Waals surface area (Å²) < 4.78 is 13.1. The largest absolute Gasteiger partial charge is 0.456 e. The molecule has 0 atom stereocenters. The standard InChI is InChI=1S/C47H27N3O2/c1-3-13-28(14-4-1)31-26-38(42-35-19-9-11-21-39(35)51-41(42)27-31)47-49-45(29-15-5-2-6-16-29)48-46(50-47)30-23-24-33-32-17-7-8-18-34(32)43-36-20-10-12-22-40(36)52-44(43)37(33)25-30/h1-27H. The first kappa shape index (κ1) is 28.7. The number of benzene rings is 8. The van der Waals surface area contributed by atoms with Crippen LogP contribution in [-0.2, 0) is 0 Å². The zero-order chi connectivity index (χ0) is 34.2. The third-order valence-electron chi connectivity index (χ3n) is 10.1. The molecule has 0 aliphatic rings. The fraction of sp³-hybridized carbons (Fsp3) is 0. The van der Waals surface area contributed by atoms with E-state index in [1.54, 1.807) is 0 Å². The molecule has 0 amide bonds. The van der Waals surface area contributed by atoms with Crippen molar-refractivity contribution in [1.29, 1.82) is 0 Å². The van der Waals surface area contributed by atoms with Gasteiger partial charge in [0.05, 0.1) is 0 Å². The lowest BCUT2D eigenvalue weighted by Gasteiger charge is -2.12. The molecule has 0 aliphatic carbocycles. The van der Waals surface area contributed by atoms with E-state index in [1.165, 1.54) is 10.8 Å². The number of hydrogen-bond donors (Lipinski definition) is 0. The third-order valence-corrected chi connectivity index (χ3v) is 10.1. The first-order chi connectivity index (χ1) is 25.8. The molecule has 0 unspecified atom stereocenters. The van der Waals surface area contributed by atoms with Crippen LogP contribution < -0.4 is 0 Å². The van der Waals surface area contributed by atoms with E-state index in [0.29, 0.717) is 17.5 Å². The quantitative estimate of drug-likeness (QED) is 0.175. The topological polar surface area (TPSA) is 65.0 Å². The van der Waals surface area contributed by atoms with Crippen LogP contribution in [0.1, 0.15) is 0 Å². The second-order valence-electron chi connectivity index (χ2n) is 13.1. The maximum atomic E-state index is 6.62. The van der Waals surface area contributed by atoms with Gasteiger partial charge < -0.3 is 8.83 Å². The molecule has 5 nitrogen and oxygen atoms in total. The van der Waals surface area contributed by atoms with Gasteiger partial charge in [0, 0.05) is 43.6 Å². The summed E-state index contributed by atoms with van der Waals surface area (Å²) in [5.41, 5.74) is 8.09. The smallest absolute Gasteiger partial charge is 0.164 e. The van der Waals surface area contributed by atoms with E-state index < -0.39 is 0 Å². The van der Waals surface area contributed by atoms with Crippen LogP contribution in [0.15, 0.2) is 173 Å². The third kappa shape index (κ3) is 4.39. The number of para-hydroxylation sites is 2. The Morgan fingerprint density at radius 1 is 0.308 bits per heavy atom. The van der Waals surface area contributed by atoms with Crippen LogP contribution in [0.4, 0.5) is 0 Å². The Morgan fingerprint density at radius 3 is 1.62 bits per heavy atom. The van der Waals surface area contributed by atoms with Crippen LogP contribution >= 0.6 is 0 Å². The van der Waals surface area contributed by atoms with Gasteiger partial charge in [-0.2, -0.15) is 0 Å². The minimum atomic E-state index is 0.575. The summed E-state index contributed by atoms with van der Waals surface area (Å²) in [5, 5.41) is 8.68. The Bertz CT molecular complexity index is 3180. The molecule has 5 heteroatoms. The maximum Gasteiger partial charge on any atom is 0.164 e. The Labute approximate surface area is 297 Å². The van der Waals surface area contributed by atoms with E-state index in [4.69, 9.17) is 23.8 Å². The molecule has 0 spiro atoms. The van der Waals surface area contributed by atoms with Crippen LogP contribution in [0.2, 0.25) is 0 Å². The molecule has 0 saturated heterocycles. The van der Waals surface area contributed by atoms with Gasteiger partial charge >= 0.3 is 0 Å². The SMILES string of the molecule is c1ccc(-c2cc(-c3nc(-c4ccccc4)nc(-c4ccc5c6ccccc6c6c7ccccc7oc6c5c4)n3)c3c(c2)oc2ccccc23)cc1. The van der Waals surface area contributed by atoms with E-state index in [0.717, 1.165) is 82.5 Å². The predicted molar refractivity (Wildman–Crippen MR) is 211 cm³/mol. The lowest BCUT2D eigenvalue weighted by atomic mass is 9.95. The first-order valence-electron chi connectivity index (χ1n) is 17.4. The van der Waals surface area contributed by atoms with E-state index >= 15 is 0 Å². The van der Waals surface area contributed by atoms with Crippen molar-refractivity contribution in [2.75, 3.05) is 0 Å². The molecule has 11 aromatic rings. The van der Waals surface area contributed by atoms with Gasteiger partial charge in [-0.05, 0) is 57.6 Å². The summed E-state index contributed by atoms with van der Waals surface area (Å²) >= 11 is 0. The number of furan rings is 2. The summed E-state index contributed by atoms with van der Waals surface area (Å²) in [7, 11) is 0. The van der Waals surface area contributed by atoms with Crippen LogP contribution in [0.25, 0.3) is 111 Å². The van der Waals surface area contributed by atoms with Crippen molar-refractivity contribution in [2.24, 2.45) is 0 Å². The van der Waals surface area contributed by atoms with E-state index in [2.05, 4.69) is 84.9 Å². The molecule has 52 heavy (non-hydrogen) atoms. The fourth-order valence-electron chi connectivity index (χ4n) is 7.71. The van der Waals surface area contributed by atoms with Crippen LogP contribution in [0, 0.1) is 0 Å². The lowest BCUT2D eigenvalue weighted by Crippen LogP contribution is -2.00. The highest BCUT2D eigenvalue weighted by Crippen LogP contribution is 2.43. The minimum absolute atomic E-state index is 0.575.